The van der Waals surface area contributed by atoms with Crippen LogP contribution in [-0.4, -0.2) is 4.92 Å². The minimum atomic E-state index is -0.773. The van der Waals surface area contributed by atoms with E-state index in [1.807, 2.05) is 30.3 Å². The molecule has 6 heteroatoms. The molecule has 0 bridgehead atoms. The molecule has 0 aliphatic heterocycles. The molecule has 0 fully saturated rings. The zero-order chi connectivity index (χ0) is 13.8. The predicted octanol–water partition coefficient (Wildman–Crippen LogP) is 4.08. The van der Waals surface area contributed by atoms with Crippen molar-refractivity contribution in [3.63, 3.8) is 0 Å². The zero-order valence-electron chi connectivity index (χ0n) is 9.68. The summed E-state index contributed by atoms with van der Waals surface area (Å²) in [6.07, 6.45) is 0. The van der Waals surface area contributed by atoms with Gasteiger partial charge in [0, 0.05) is 6.07 Å². The lowest BCUT2D eigenvalue weighted by molar-refractivity contribution is -0.385. The molecule has 0 aliphatic rings. The van der Waals surface area contributed by atoms with Crippen molar-refractivity contribution in [1.29, 1.82) is 0 Å². The van der Waals surface area contributed by atoms with Crippen LogP contribution in [-0.2, 0) is 6.61 Å². The van der Waals surface area contributed by atoms with Gasteiger partial charge in [-0.15, -0.1) is 0 Å². The number of rotatable bonds is 4. The molecule has 19 heavy (non-hydrogen) atoms. The quantitative estimate of drug-likeness (QED) is 0.628. The van der Waals surface area contributed by atoms with E-state index >= 15 is 0 Å². The van der Waals surface area contributed by atoms with Gasteiger partial charge in [0.05, 0.1) is 4.92 Å². The summed E-state index contributed by atoms with van der Waals surface area (Å²) in [6.45, 7) is 0.196. The Morgan fingerprint density at radius 1 is 1.21 bits per heavy atom. The SMILES string of the molecule is O=[N+]([O-])c1ccc(OCc2ccccc2)c(F)c1Br. The fourth-order valence-corrected chi connectivity index (χ4v) is 1.98. The van der Waals surface area contributed by atoms with E-state index in [0.29, 0.717) is 0 Å². The lowest BCUT2D eigenvalue weighted by Crippen LogP contribution is -1.99. The number of ether oxygens (including phenoxy) is 1. The number of nitro benzene ring substituents is 1. The first-order valence-corrected chi connectivity index (χ1v) is 6.18. The minimum absolute atomic E-state index is 0.0265. The average molecular weight is 326 g/mol. The van der Waals surface area contributed by atoms with Crippen LogP contribution in [0.15, 0.2) is 46.9 Å². The van der Waals surface area contributed by atoms with Gasteiger partial charge in [0.1, 0.15) is 11.1 Å². The summed E-state index contributed by atoms with van der Waals surface area (Å²) in [5.41, 5.74) is 0.556. The molecule has 0 aromatic heterocycles. The normalized spacial score (nSPS) is 10.2. The lowest BCUT2D eigenvalue weighted by Gasteiger charge is -2.08. The largest absolute Gasteiger partial charge is 0.486 e. The van der Waals surface area contributed by atoms with Gasteiger partial charge < -0.3 is 4.74 Å². The van der Waals surface area contributed by atoms with Gasteiger partial charge in [0.25, 0.3) is 5.69 Å². The maximum Gasteiger partial charge on any atom is 0.286 e. The van der Waals surface area contributed by atoms with Crippen LogP contribution in [0.25, 0.3) is 0 Å². The standard InChI is InChI=1S/C13H9BrFNO3/c14-12-10(16(17)18)6-7-11(13(12)15)19-8-9-4-2-1-3-5-9/h1-7H,8H2. The summed E-state index contributed by atoms with van der Waals surface area (Å²) in [4.78, 5) is 9.97. The molecule has 0 radical (unpaired) electrons. The molecule has 0 amide bonds. The van der Waals surface area contributed by atoms with Crippen molar-refractivity contribution in [1.82, 2.24) is 0 Å². The van der Waals surface area contributed by atoms with Gasteiger partial charge in [-0.05, 0) is 27.6 Å². The Hall–Kier alpha value is -1.95. The molecule has 2 aromatic rings. The van der Waals surface area contributed by atoms with Crippen LogP contribution in [0.2, 0.25) is 0 Å². The highest BCUT2D eigenvalue weighted by Crippen LogP contribution is 2.33. The molecule has 0 saturated carbocycles. The highest BCUT2D eigenvalue weighted by atomic mass is 79.9. The Morgan fingerprint density at radius 3 is 2.53 bits per heavy atom. The molecule has 0 unspecified atom stereocenters. The smallest absolute Gasteiger partial charge is 0.286 e. The van der Waals surface area contributed by atoms with Crippen LogP contribution in [0.3, 0.4) is 0 Å². The molecule has 2 aromatic carbocycles. The Balaban J connectivity index is 2.18. The third-order valence-corrected chi connectivity index (χ3v) is 3.21. The van der Waals surface area contributed by atoms with Crippen LogP contribution in [0.4, 0.5) is 10.1 Å². The number of benzene rings is 2. The summed E-state index contributed by atoms with van der Waals surface area (Å²) >= 11 is 2.86. The second-order valence-corrected chi connectivity index (χ2v) is 4.54. The van der Waals surface area contributed by atoms with E-state index in [0.717, 1.165) is 5.56 Å². The first kappa shape index (κ1) is 13.5. The summed E-state index contributed by atoms with van der Waals surface area (Å²) in [5.74, 6) is -0.800. The maximum absolute atomic E-state index is 13.8. The Bertz CT molecular complexity index is 604. The molecule has 0 saturated heterocycles. The zero-order valence-corrected chi connectivity index (χ0v) is 11.3. The number of hydrogen-bond acceptors (Lipinski definition) is 3. The molecule has 0 aliphatic carbocycles. The Kier molecular flexibility index (Phi) is 4.11. The number of halogens is 2. The molecule has 98 valence electrons. The highest BCUT2D eigenvalue weighted by molar-refractivity contribution is 9.10. The first-order chi connectivity index (χ1) is 9.09. The molecular weight excluding hydrogens is 317 g/mol. The fourth-order valence-electron chi connectivity index (χ4n) is 1.51. The second-order valence-electron chi connectivity index (χ2n) is 3.74. The lowest BCUT2D eigenvalue weighted by atomic mass is 10.2. The van der Waals surface area contributed by atoms with E-state index in [1.54, 1.807) is 0 Å². The van der Waals surface area contributed by atoms with E-state index in [-0.39, 0.29) is 22.5 Å². The molecule has 0 spiro atoms. The second kappa shape index (κ2) is 5.79. The summed E-state index contributed by atoms with van der Waals surface area (Å²) < 4.78 is 19.0. The van der Waals surface area contributed by atoms with Gasteiger partial charge in [-0.25, -0.2) is 4.39 Å². The van der Waals surface area contributed by atoms with Gasteiger partial charge >= 0.3 is 0 Å². The predicted molar refractivity (Wildman–Crippen MR) is 71.5 cm³/mol. The topological polar surface area (TPSA) is 52.4 Å². The molecule has 0 atom stereocenters. The molecule has 2 rings (SSSR count). The first-order valence-electron chi connectivity index (χ1n) is 5.38. The van der Waals surface area contributed by atoms with Gasteiger partial charge in [0.15, 0.2) is 11.6 Å². The average Bonchev–Trinajstić information content (AvgIpc) is 2.41. The maximum atomic E-state index is 13.8. The number of nitrogens with zero attached hydrogens (tertiary/aromatic N) is 1. The molecule has 4 nitrogen and oxygen atoms in total. The summed E-state index contributed by atoms with van der Waals surface area (Å²) in [6, 6.07) is 11.7. The van der Waals surface area contributed by atoms with Gasteiger partial charge in [-0.3, -0.25) is 10.1 Å². The van der Waals surface area contributed by atoms with Crippen molar-refractivity contribution in [2.75, 3.05) is 0 Å². The summed E-state index contributed by atoms with van der Waals surface area (Å²) in [5, 5.41) is 10.6. The van der Waals surface area contributed by atoms with E-state index in [9.17, 15) is 14.5 Å². The van der Waals surface area contributed by atoms with E-state index in [4.69, 9.17) is 4.74 Å². The van der Waals surface area contributed by atoms with E-state index < -0.39 is 10.7 Å². The van der Waals surface area contributed by atoms with Crippen LogP contribution in [0.1, 0.15) is 5.56 Å². The third-order valence-electron chi connectivity index (χ3n) is 2.46. The number of nitro groups is 1. The van der Waals surface area contributed by atoms with Crippen molar-refractivity contribution >= 4 is 21.6 Å². The van der Waals surface area contributed by atoms with Gasteiger partial charge in [-0.2, -0.15) is 0 Å². The van der Waals surface area contributed by atoms with Gasteiger partial charge in [0.2, 0.25) is 0 Å². The Morgan fingerprint density at radius 2 is 1.89 bits per heavy atom. The van der Waals surface area contributed by atoms with Crippen molar-refractivity contribution in [2.45, 2.75) is 6.61 Å². The molecular formula is C13H9BrFNO3. The minimum Gasteiger partial charge on any atom is -0.486 e. The van der Waals surface area contributed by atoms with Crippen molar-refractivity contribution in [2.24, 2.45) is 0 Å². The molecule has 0 N–H and O–H groups in total. The van der Waals surface area contributed by atoms with Crippen LogP contribution >= 0.6 is 15.9 Å². The molecule has 0 heterocycles. The van der Waals surface area contributed by atoms with Crippen molar-refractivity contribution in [3.8, 4) is 5.75 Å². The monoisotopic (exact) mass is 325 g/mol. The van der Waals surface area contributed by atoms with E-state index in [2.05, 4.69) is 15.9 Å². The Labute approximate surface area is 117 Å². The van der Waals surface area contributed by atoms with Crippen LogP contribution < -0.4 is 4.74 Å². The van der Waals surface area contributed by atoms with Crippen LogP contribution in [0, 0.1) is 15.9 Å². The summed E-state index contributed by atoms with van der Waals surface area (Å²) in [7, 11) is 0. The van der Waals surface area contributed by atoms with E-state index in [1.165, 1.54) is 12.1 Å². The highest BCUT2D eigenvalue weighted by Gasteiger charge is 2.19. The fraction of sp³-hybridized carbons (Fsp3) is 0.0769. The van der Waals surface area contributed by atoms with Crippen molar-refractivity contribution in [3.05, 3.63) is 68.4 Å². The number of hydrogen-bond donors (Lipinski definition) is 0. The van der Waals surface area contributed by atoms with Crippen LogP contribution in [0.5, 0.6) is 5.75 Å². The van der Waals surface area contributed by atoms with Gasteiger partial charge in [-0.1, -0.05) is 30.3 Å². The van der Waals surface area contributed by atoms with Crippen molar-refractivity contribution < 1.29 is 14.1 Å². The third kappa shape index (κ3) is 3.08.